The highest BCUT2D eigenvalue weighted by Crippen LogP contribution is 2.13. The van der Waals surface area contributed by atoms with Crippen LogP contribution in [0.3, 0.4) is 0 Å². The summed E-state index contributed by atoms with van der Waals surface area (Å²) >= 11 is 0. The van der Waals surface area contributed by atoms with Gasteiger partial charge in [0.1, 0.15) is 17.6 Å². The summed E-state index contributed by atoms with van der Waals surface area (Å²) < 4.78 is 18.5. The summed E-state index contributed by atoms with van der Waals surface area (Å²) in [5, 5.41) is 17.1. The van der Waals surface area contributed by atoms with Gasteiger partial charge in [0, 0.05) is 12.6 Å². The van der Waals surface area contributed by atoms with E-state index in [1.165, 1.54) is 24.3 Å². The average molecular weight is 443 g/mol. The first-order valence-corrected chi connectivity index (χ1v) is 10.6. The van der Waals surface area contributed by atoms with Gasteiger partial charge in [0.25, 0.3) is 0 Å². The molecule has 0 aliphatic carbocycles. The van der Waals surface area contributed by atoms with Gasteiger partial charge in [-0.3, -0.25) is 9.59 Å². The summed E-state index contributed by atoms with van der Waals surface area (Å²) in [6.45, 7) is 8.79. The Labute approximate surface area is 188 Å². The van der Waals surface area contributed by atoms with Crippen LogP contribution in [0.15, 0.2) is 60.4 Å². The standard InChI is InChI=1S/C24H31FN4O3/c1-4-32-17(3)7-5-6-16(2)8-13-20-14-27-23(24(31)29-20)22(28-15-30)21(26)18-9-11-19(25)12-10-18/h5-7,9-12,15,20,22-23,26-27H,3-4,8,13-14H2,1-2H3,(H,28,30)(H,29,31)/b7-5-,16-6+,26-21?. The van der Waals surface area contributed by atoms with Crippen LogP contribution in [0.2, 0.25) is 0 Å². The SMILES string of the molecule is C=C(/C=C\C=C(/C)CCC1CNC(C(NC=O)C(=N)c2ccc(F)cc2)C(=O)N1)OCC. The maximum Gasteiger partial charge on any atom is 0.239 e. The molecule has 1 aromatic rings. The molecule has 3 atom stereocenters. The van der Waals surface area contributed by atoms with Crippen LogP contribution >= 0.6 is 0 Å². The second-order valence-electron chi connectivity index (χ2n) is 7.58. The van der Waals surface area contributed by atoms with Gasteiger partial charge in [0.2, 0.25) is 12.3 Å². The van der Waals surface area contributed by atoms with Gasteiger partial charge >= 0.3 is 0 Å². The molecule has 32 heavy (non-hydrogen) atoms. The molecule has 0 saturated carbocycles. The first-order valence-electron chi connectivity index (χ1n) is 10.6. The molecule has 1 saturated heterocycles. The van der Waals surface area contributed by atoms with Crippen molar-refractivity contribution < 1.29 is 18.7 Å². The molecule has 2 rings (SSSR count). The molecule has 0 aromatic heterocycles. The monoisotopic (exact) mass is 442 g/mol. The molecular formula is C24H31FN4O3. The van der Waals surface area contributed by atoms with E-state index >= 15 is 0 Å². The second kappa shape index (κ2) is 12.6. The third kappa shape index (κ3) is 7.46. The van der Waals surface area contributed by atoms with Gasteiger partial charge in [-0.15, -0.1) is 0 Å². The third-order valence-electron chi connectivity index (χ3n) is 5.14. The van der Waals surface area contributed by atoms with Crippen LogP contribution in [0.5, 0.6) is 0 Å². The van der Waals surface area contributed by atoms with E-state index in [-0.39, 0.29) is 17.7 Å². The van der Waals surface area contributed by atoms with Gasteiger partial charge in [0.05, 0.1) is 18.4 Å². The number of hydrogen-bond acceptors (Lipinski definition) is 5. The molecule has 1 aromatic carbocycles. The van der Waals surface area contributed by atoms with Crippen molar-refractivity contribution in [3.63, 3.8) is 0 Å². The number of ether oxygens (including phenoxy) is 1. The molecule has 172 valence electrons. The molecule has 2 amide bonds. The van der Waals surface area contributed by atoms with Gasteiger partial charge in [-0.2, -0.15) is 0 Å². The largest absolute Gasteiger partial charge is 0.495 e. The van der Waals surface area contributed by atoms with Crippen molar-refractivity contribution in [2.24, 2.45) is 0 Å². The van der Waals surface area contributed by atoms with Crippen molar-refractivity contribution in [2.75, 3.05) is 13.2 Å². The summed E-state index contributed by atoms with van der Waals surface area (Å²) in [7, 11) is 0. The Morgan fingerprint density at radius 1 is 1.41 bits per heavy atom. The van der Waals surface area contributed by atoms with Crippen LogP contribution in [-0.4, -0.2) is 49.3 Å². The summed E-state index contributed by atoms with van der Waals surface area (Å²) in [5.74, 6) is -0.102. The zero-order valence-electron chi connectivity index (χ0n) is 18.5. The van der Waals surface area contributed by atoms with Crippen molar-refractivity contribution in [3.05, 3.63) is 71.8 Å². The van der Waals surface area contributed by atoms with Crippen molar-refractivity contribution in [1.29, 1.82) is 5.41 Å². The fourth-order valence-corrected chi connectivity index (χ4v) is 3.41. The summed E-state index contributed by atoms with van der Waals surface area (Å²) in [5.41, 5.74) is 1.62. The number of benzene rings is 1. The van der Waals surface area contributed by atoms with E-state index in [1.807, 2.05) is 26.0 Å². The molecule has 1 fully saturated rings. The summed E-state index contributed by atoms with van der Waals surface area (Å²) in [6, 6.07) is 3.65. The molecule has 8 heteroatoms. The highest BCUT2D eigenvalue weighted by molar-refractivity contribution is 6.06. The van der Waals surface area contributed by atoms with Gasteiger partial charge in [-0.25, -0.2) is 4.39 Å². The fourth-order valence-electron chi connectivity index (χ4n) is 3.41. The zero-order valence-corrected chi connectivity index (χ0v) is 18.5. The van der Waals surface area contributed by atoms with Crippen molar-refractivity contribution in [3.8, 4) is 0 Å². The number of carbonyl (C=O) groups is 2. The maximum absolute atomic E-state index is 13.2. The first-order chi connectivity index (χ1) is 15.3. The van der Waals surface area contributed by atoms with E-state index in [1.54, 1.807) is 6.08 Å². The van der Waals surface area contributed by atoms with E-state index < -0.39 is 17.9 Å². The summed E-state index contributed by atoms with van der Waals surface area (Å²) in [6.07, 6.45) is 7.68. The lowest BCUT2D eigenvalue weighted by Crippen LogP contribution is -2.66. The number of piperazine rings is 1. The molecule has 0 bridgehead atoms. The van der Waals surface area contributed by atoms with Crippen LogP contribution in [0, 0.1) is 11.2 Å². The molecule has 1 aliphatic heterocycles. The first kappa shape index (κ1) is 25.0. The predicted octanol–water partition coefficient (Wildman–Crippen LogP) is 2.60. The molecule has 1 heterocycles. The lowest BCUT2D eigenvalue weighted by atomic mass is 9.93. The number of hydrogen-bond donors (Lipinski definition) is 4. The van der Waals surface area contributed by atoms with Gasteiger partial charge in [0.15, 0.2) is 0 Å². The second-order valence-corrected chi connectivity index (χ2v) is 7.58. The van der Waals surface area contributed by atoms with Crippen molar-refractivity contribution in [1.82, 2.24) is 16.0 Å². The van der Waals surface area contributed by atoms with Gasteiger partial charge in [-0.05, 0) is 50.5 Å². The minimum atomic E-state index is -0.871. The lowest BCUT2D eigenvalue weighted by Gasteiger charge is -2.35. The Morgan fingerprint density at radius 2 is 2.12 bits per heavy atom. The van der Waals surface area contributed by atoms with Crippen LogP contribution in [0.4, 0.5) is 4.39 Å². The molecule has 0 spiro atoms. The molecule has 3 unspecified atom stereocenters. The van der Waals surface area contributed by atoms with Crippen LogP contribution in [-0.2, 0) is 14.3 Å². The topological polar surface area (TPSA) is 103 Å². The quantitative estimate of drug-likeness (QED) is 0.173. The van der Waals surface area contributed by atoms with E-state index in [2.05, 4.69) is 22.5 Å². The van der Waals surface area contributed by atoms with E-state index in [9.17, 15) is 14.0 Å². The van der Waals surface area contributed by atoms with Crippen LogP contribution in [0.1, 0.15) is 32.3 Å². The minimum absolute atomic E-state index is 0.0300. The Morgan fingerprint density at radius 3 is 2.75 bits per heavy atom. The molecule has 0 radical (unpaired) electrons. The molecule has 4 N–H and O–H groups in total. The minimum Gasteiger partial charge on any atom is -0.495 e. The average Bonchev–Trinajstić information content (AvgIpc) is 2.77. The Hall–Kier alpha value is -3.26. The number of halogens is 1. The number of allylic oxidation sites excluding steroid dienone is 4. The highest BCUT2D eigenvalue weighted by Gasteiger charge is 2.36. The van der Waals surface area contributed by atoms with Gasteiger partial charge in [-0.1, -0.05) is 36.4 Å². The zero-order chi connectivity index (χ0) is 23.5. The Kier molecular flexibility index (Phi) is 9.81. The Balaban J connectivity index is 1.92. The predicted molar refractivity (Wildman–Crippen MR) is 123 cm³/mol. The Bertz CT molecular complexity index is 880. The number of carbonyl (C=O) groups excluding carboxylic acids is 2. The lowest BCUT2D eigenvalue weighted by molar-refractivity contribution is -0.126. The van der Waals surface area contributed by atoms with E-state index in [0.29, 0.717) is 30.9 Å². The normalized spacial score (nSPS) is 19.8. The maximum atomic E-state index is 13.2. The third-order valence-corrected chi connectivity index (χ3v) is 5.14. The number of nitrogens with one attached hydrogen (secondary N) is 4. The van der Waals surface area contributed by atoms with Crippen LogP contribution < -0.4 is 16.0 Å². The fraction of sp³-hybridized carbons (Fsp3) is 0.375. The number of amides is 2. The number of rotatable bonds is 12. The molecule has 1 aliphatic rings. The molecular weight excluding hydrogens is 411 g/mol. The van der Waals surface area contributed by atoms with Crippen LogP contribution in [0.25, 0.3) is 0 Å². The van der Waals surface area contributed by atoms with Gasteiger partial charge < -0.3 is 26.1 Å². The summed E-state index contributed by atoms with van der Waals surface area (Å²) in [4.78, 5) is 23.8. The van der Waals surface area contributed by atoms with Crippen molar-refractivity contribution >= 4 is 18.0 Å². The van der Waals surface area contributed by atoms with E-state index in [0.717, 1.165) is 18.4 Å². The van der Waals surface area contributed by atoms with Crippen molar-refractivity contribution in [2.45, 2.75) is 44.8 Å². The van der Waals surface area contributed by atoms with E-state index in [4.69, 9.17) is 10.1 Å². The highest BCUT2D eigenvalue weighted by atomic mass is 19.1. The smallest absolute Gasteiger partial charge is 0.239 e. The molecule has 7 nitrogen and oxygen atoms in total.